The van der Waals surface area contributed by atoms with Crippen LogP contribution in [0, 0.1) is 0 Å². The van der Waals surface area contributed by atoms with Gasteiger partial charge >= 0.3 is 0 Å². The van der Waals surface area contributed by atoms with Gasteiger partial charge in [0.2, 0.25) is 5.78 Å². The number of hydrogen-bond acceptors (Lipinski definition) is 4. The van der Waals surface area contributed by atoms with Crippen molar-refractivity contribution in [3.8, 4) is 0 Å². The monoisotopic (exact) mass is 270 g/mol. The Bertz CT molecular complexity index is 588. The fourth-order valence-corrected chi connectivity index (χ4v) is 2.60. The molecule has 2 aliphatic rings. The summed E-state index contributed by atoms with van der Waals surface area (Å²) in [4.78, 5) is 31.7. The lowest BCUT2D eigenvalue weighted by Gasteiger charge is -2.25. The van der Waals surface area contributed by atoms with Gasteiger partial charge in [-0.1, -0.05) is 37.6 Å². The molecule has 20 heavy (non-hydrogen) atoms. The van der Waals surface area contributed by atoms with Gasteiger partial charge in [0.05, 0.1) is 0 Å². The van der Waals surface area contributed by atoms with Crippen molar-refractivity contribution in [1.29, 1.82) is 0 Å². The second kappa shape index (κ2) is 5.29. The lowest BCUT2D eigenvalue weighted by atomic mass is 9.84. The number of fused-ring (bicyclic) bond motifs is 1. The van der Waals surface area contributed by atoms with Gasteiger partial charge in [0.25, 0.3) is 0 Å². The highest BCUT2D eigenvalue weighted by Crippen LogP contribution is 2.26. The van der Waals surface area contributed by atoms with Crippen molar-refractivity contribution >= 4 is 17.3 Å². The van der Waals surface area contributed by atoms with Gasteiger partial charge in [-0.25, -0.2) is 0 Å². The number of benzene rings is 1. The maximum absolute atomic E-state index is 12.6. The van der Waals surface area contributed by atoms with Crippen molar-refractivity contribution in [2.75, 3.05) is 19.6 Å². The molecule has 1 aromatic carbocycles. The minimum atomic E-state index is -0.450. The van der Waals surface area contributed by atoms with Crippen molar-refractivity contribution in [3.63, 3.8) is 0 Å². The number of carbonyl (C=O) groups excluding carboxylic acids is 2. The normalized spacial score (nSPS) is 24.1. The van der Waals surface area contributed by atoms with Gasteiger partial charge in [0.15, 0.2) is 5.78 Å². The first-order chi connectivity index (χ1) is 9.74. The van der Waals surface area contributed by atoms with Crippen LogP contribution in [0.15, 0.2) is 29.3 Å². The highest BCUT2D eigenvalue weighted by atomic mass is 16.1. The maximum atomic E-state index is 12.6. The molecule has 4 nitrogen and oxygen atoms in total. The van der Waals surface area contributed by atoms with Crippen LogP contribution < -0.4 is 0 Å². The van der Waals surface area contributed by atoms with Crippen molar-refractivity contribution < 1.29 is 9.59 Å². The molecule has 1 fully saturated rings. The molecule has 0 aromatic heterocycles. The first-order valence-corrected chi connectivity index (χ1v) is 7.20. The van der Waals surface area contributed by atoms with Crippen LogP contribution >= 0.6 is 0 Å². The molecule has 3 rings (SSSR count). The average molecular weight is 270 g/mol. The molecule has 1 heterocycles. The second-order valence-electron chi connectivity index (χ2n) is 5.30. The molecule has 1 atom stereocenters. The summed E-state index contributed by atoms with van der Waals surface area (Å²) in [6, 6.07) is 6.63. The molecule has 1 saturated heterocycles. The van der Waals surface area contributed by atoms with Gasteiger partial charge in [0, 0.05) is 30.8 Å². The van der Waals surface area contributed by atoms with E-state index in [0.29, 0.717) is 23.4 Å². The van der Waals surface area contributed by atoms with Gasteiger partial charge in [-0.2, -0.15) is 0 Å². The number of rotatable bonds is 4. The van der Waals surface area contributed by atoms with E-state index in [1.165, 1.54) is 0 Å². The molecule has 0 spiro atoms. The summed E-state index contributed by atoms with van der Waals surface area (Å²) in [7, 11) is 0. The molecule has 1 aliphatic heterocycles. The third kappa shape index (κ3) is 2.20. The summed E-state index contributed by atoms with van der Waals surface area (Å²) in [6.07, 6.45) is 1.98. The molecule has 0 radical (unpaired) electrons. The standard InChI is InChI=1S/C16H18N2O2/c1-2-3-8-17-13-14(18-9-10-18)16(20)12-7-5-4-6-11(12)15(13)19/h4-7,14H,2-3,8-10H2,1H3/t14-/m1/s1. The van der Waals surface area contributed by atoms with E-state index in [0.717, 1.165) is 25.9 Å². The van der Waals surface area contributed by atoms with Crippen LogP contribution in [-0.2, 0) is 0 Å². The quantitative estimate of drug-likeness (QED) is 0.621. The zero-order valence-electron chi connectivity index (χ0n) is 11.6. The van der Waals surface area contributed by atoms with E-state index in [4.69, 9.17) is 0 Å². The number of nitrogens with zero attached hydrogens (tertiary/aromatic N) is 2. The van der Waals surface area contributed by atoms with Crippen LogP contribution in [0.5, 0.6) is 0 Å². The van der Waals surface area contributed by atoms with Gasteiger partial charge in [0.1, 0.15) is 11.8 Å². The highest BCUT2D eigenvalue weighted by molar-refractivity contribution is 6.55. The fraction of sp³-hybridized carbons (Fsp3) is 0.438. The smallest absolute Gasteiger partial charge is 0.209 e. The average Bonchev–Trinajstić information content (AvgIpc) is 3.29. The molecule has 0 N–H and O–H groups in total. The summed E-state index contributed by atoms with van der Waals surface area (Å²) < 4.78 is 0. The molecule has 0 unspecified atom stereocenters. The molecule has 0 amide bonds. The molecule has 0 saturated carbocycles. The van der Waals surface area contributed by atoms with Crippen molar-refractivity contribution in [2.45, 2.75) is 25.8 Å². The Morgan fingerprint density at radius 3 is 2.55 bits per heavy atom. The number of carbonyl (C=O) groups is 2. The van der Waals surface area contributed by atoms with Crippen molar-refractivity contribution in [1.82, 2.24) is 4.90 Å². The Morgan fingerprint density at radius 2 is 1.90 bits per heavy atom. The Morgan fingerprint density at radius 1 is 1.20 bits per heavy atom. The fourth-order valence-electron chi connectivity index (χ4n) is 2.60. The van der Waals surface area contributed by atoms with Gasteiger partial charge < -0.3 is 0 Å². The van der Waals surface area contributed by atoms with E-state index in [-0.39, 0.29) is 11.6 Å². The predicted octanol–water partition coefficient (Wildman–Crippen LogP) is 1.99. The molecule has 104 valence electrons. The minimum absolute atomic E-state index is 0.0212. The summed E-state index contributed by atoms with van der Waals surface area (Å²) in [6.45, 7) is 4.46. The number of unbranched alkanes of at least 4 members (excludes halogenated alkanes) is 1. The number of aliphatic imine (C=N–C) groups is 1. The van der Waals surface area contributed by atoms with E-state index in [9.17, 15) is 9.59 Å². The van der Waals surface area contributed by atoms with Crippen LogP contribution in [-0.4, -0.2) is 47.9 Å². The zero-order valence-corrected chi connectivity index (χ0v) is 11.6. The van der Waals surface area contributed by atoms with Crippen molar-refractivity contribution in [2.24, 2.45) is 4.99 Å². The van der Waals surface area contributed by atoms with E-state index >= 15 is 0 Å². The molecule has 4 heteroatoms. The van der Waals surface area contributed by atoms with Crippen LogP contribution in [0.25, 0.3) is 0 Å². The summed E-state index contributed by atoms with van der Waals surface area (Å²) >= 11 is 0. The first-order valence-electron chi connectivity index (χ1n) is 7.20. The van der Waals surface area contributed by atoms with E-state index in [1.807, 2.05) is 11.0 Å². The van der Waals surface area contributed by atoms with Crippen LogP contribution in [0.1, 0.15) is 40.5 Å². The first kappa shape index (κ1) is 13.2. The topological polar surface area (TPSA) is 49.5 Å². The van der Waals surface area contributed by atoms with Gasteiger partial charge in [-0.3, -0.25) is 19.5 Å². The van der Waals surface area contributed by atoms with Gasteiger partial charge in [-0.05, 0) is 6.42 Å². The number of hydrogen-bond donors (Lipinski definition) is 0. The molecular formula is C16H18N2O2. The Labute approximate surface area is 118 Å². The van der Waals surface area contributed by atoms with E-state index in [2.05, 4.69) is 11.9 Å². The molecule has 0 bridgehead atoms. The van der Waals surface area contributed by atoms with Gasteiger partial charge in [-0.15, -0.1) is 0 Å². The summed E-state index contributed by atoms with van der Waals surface area (Å²) in [5.41, 5.74) is 1.49. The molecular weight excluding hydrogens is 252 g/mol. The largest absolute Gasteiger partial charge is 0.292 e. The third-order valence-corrected chi connectivity index (χ3v) is 3.82. The minimum Gasteiger partial charge on any atom is -0.292 e. The lowest BCUT2D eigenvalue weighted by Crippen LogP contribution is -2.46. The predicted molar refractivity (Wildman–Crippen MR) is 77.7 cm³/mol. The number of ketones is 2. The lowest BCUT2D eigenvalue weighted by molar-refractivity contribution is 0.0913. The number of Topliss-reactive ketones (excluding diaryl/α,β-unsaturated/α-hetero) is 2. The summed E-state index contributed by atoms with van der Waals surface area (Å²) in [5.74, 6) is -0.0545. The van der Waals surface area contributed by atoms with E-state index in [1.54, 1.807) is 18.2 Å². The Balaban J connectivity index is 2.02. The molecule has 1 aliphatic carbocycles. The van der Waals surface area contributed by atoms with Crippen molar-refractivity contribution in [3.05, 3.63) is 35.4 Å². The van der Waals surface area contributed by atoms with Crippen LogP contribution in [0.4, 0.5) is 0 Å². The van der Waals surface area contributed by atoms with Crippen LogP contribution in [0.3, 0.4) is 0 Å². The second-order valence-corrected chi connectivity index (χ2v) is 5.30. The van der Waals surface area contributed by atoms with Crippen LogP contribution in [0.2, 0.25) is 0 Å². The summed E-state index contributed by atoms with van der Waals surface area (Å²) in [5, 5.41) is 0. The molecule has 1 aromatic rings. The SMILES string of the molecule is CCCCN=C1C(=O)c2ccccc2C(=O)[C@@H]1N1CC1. The Hall–Kier alpha value is -1.81. The maximum Gasteiger partial charge on any atom is 0.209 e. The zero-order chi connectivity index (χ0) is 14.1. The van der Waals surface area contributed by atoms with E-state index < -0.39 is 6.04 Å². The third-order valence-electron chi connectivity index (χ3n) is 3.82. The highest BCUT2D eigenvalue weighted by Gasteiger charge is 2.44. The Kier molecular flexibility index (Phi) is 3.49.